The maximum atomic E-state index is 11.3. The smallest absolute Gasteiger partial charge is 0.326 e. The molecule has 0 bridgehead atoms. The fourth-order valence-electron chi connectivity index (χ4n) is 2.89. The van der Waals surface area contributed by atoms with Crippen molar-refractivity contribution in [3.05, 3.63) is 34.3 Å². The van der Waals surface area contributed by atoms with Gasteiger partial charge in [-0.05, 0) is 18.6 Å². The zero-order valence-corrected chi connectivity index (χ0v) is 11.0. The van der Waals surface area contributed by atoms with Crippen LogP contribution in [0.2, 0.25) is 0 Å². The molecule has 3 N–H and O–H groups in total. The molecular weight excluding hydrogens is 298 g/mol. The highest BCUT2D eigenvalue weighted by atomic mass is 79.9. The Balaban J connectivity index is 2.17. The first-order chi connectivity index (χ1) is 8.59. The summed E-state index contributed by atoms with van der Waals surface area (Å²) in [7, 11) is 0. The molecule has 18 heavy (non-hydrogen) atoms. The van der Waals surface area contributed by atoms with Gasteiger partial charge < -0.3 is 15.5 Å². The Kier molecular flexibility index (Phi) is 2.59. The van der Waals surface area contributed by atoms with E-state index in [0.717, 1.165) is 16.5 Å². The van der Waals surface area contributed by atoms with Crippen molar-refractivity contribution in [3.8, 4) is 5.75 Å². The second kappa shape index (κ2) is 4.02. The molecule has 1 aromatic rings. The number of aromatic hydroxyl groups is 1. The molecular formula is C13H12BrNO3. The number of benzene rings is 1. The molecule has 0 amide bonds. The summed E-state index contributed by atoms with van der Waals surface area (Å²) in [5, 5.41) is 22.1. The predicted octanol–water partition coefficient (Wildman–Crippen LogP) is 2.69. The number of fused-ring (bicyclic) bond motifs is 3. The number of nitrogens with one attached hydrogen (secondary N) is 1. The first-order valence-electron chi connectivity index (χ1n) is 5.77. The highest BCUT2D eigenvalue weighted by Crippen LogP contribution is 2.50. The molecule has 2 aliphatic rings. The fourth-order valence-corrected chi connectivity index (χ4v) is 3.49. The maximum Gasteiger partial charge on any atom is 0.326 e. The third kappa shape index (κ3) is 1.54. The Morgan fingerprint density at radius 1 is 1.44 bits per heavy atom. The zero-order chi connectivity index (χ0) is 12.9. The van der Waals surface area contributed by atoms with Crippen LogP contribution in [0.15, 0.2) is 28.8 Å². The minimum Gasteiger partial charge on any atom is -0.506 e. The molecule has 1 aliphatic carbocycles. The third-order valence-electron chi connectivity index (χ3n) is 3.71. The van der Waals surface area contributed by atoms with E-state index >= 15 is 0 Å². The number of phenols is 1. The number of allylic oxidation sites excluding steroid dienone is 2. The number of halogens is 1. The summed E-state index contributed by atoms with van der Waals surface area (Å²) in [5.74, 6) is -0.728. The van der Waals surface area contributed by atoms with Crippen LogP contribution in [0.25, 0.3) is 0 Å². The molecule has 0 aromatic heterocycles. The van der Waals surface area contributed by atoms with Gasteiger partial charge in [0.2, 0.25) is 0 Å². The molecule has 1 aromatic carbocycles. The van der Waals surface area contributed by atoms with Gasteiger partial charge in [-0.15, -0.1) is 0 Å². The minimum absolute atomic E-state index is 0.00750. The first-order valence-corrected chi connectivity index (χ1v) is 6.56. The number of carboxylic acid groups (broad SMARTS) is 1. The van der Waals surface area contributed by atoms with Gasteiger partial charge in [0.25, 0.3) is 0 Å². The van der Waals surface area contributed by atoms with Crippen LogP contribution in [0.4, 0.5) is 5.69 Å². The number of carboxylic acids is 1. The van der Waals surface area contributed by atoms with Gasteiger partial charge in [0.15, 0.2) is 0 Å². The van der Waals surface area contributed by atoms with Crippen LogP contribution in [0.1, 0.15) is 17.9 Å². The Hall–Kier alpha value is -1.49. The highest BCUT2D eigenvalue weighted by molar-refractivity contribution is 9.10. The van der Waals surface area contributed by atoms with E-state index in [2.05, 4.69) is 21.2 Å². The highest BCUT2D eigenvalue weighted by Gasteiger charge is 2.42. The molecule has 0 radical (unpaired) electrons. The van der Waals surface area contributed by atoms with Crippen LogP contribution < -0.4 is 5.32 Å². The lowest BCUT2D eigenvalue weighted by Gasteiger charge is -2.35. The average Bonchev–Trinajstić information content (AvgIpc) is 2.81. The van der Waals surface area contributed by atoms with Crippen LogP contribution in [0.5, 0.6) is 5.75 Å². The van der Waals surface area contributed by atoms with E-state index in [1.807, 2.05) is 12.2 Å². The van der Waals surface area contributed by atoms with Crippen molar-refractivity contribution in [2.45, 2.75) is 18.4 Å². The monoisotopic (exact) mass is 309 g/mol. The van der Waals surface area contributed by atoms with Crippen molar-refractivity contribution in [1.29, 1.82) is 0 Å². The lowest BCUT2D eigenvalue weighted by molar-refractivity contribution is -0.139. The summed E-state index contributed by atoms with van der Waals surface area (Å²) in [4.78, 5) is 11.3. The van der Waals surface area contributed by atoms with Gasteiger partial charge in [-0.2, -0.15) is 0 Å². The van der Waals surface area contributed by atoms with E-state index in [1.54, 1.807) is 12.1 Å². The van der Waals surface area contributed by atoms with E-state index in [1.165, 1.54) is 0 Å². The molecule has 1 heterocycles. The van der Waals surface area contributed by atoms with E-state index in [-0.39, 0.29) is 17.6 Å². The van der Waals surface area contributed by atoms with E-state index < -0.39 is 12.0 Å². The first kappa shape index (κ1) is 11.6. The standard InChI is InChI=1S/C13H12BrNO3/c14-8-4-5-9(16)12-10(8)6-2-1-3-7(6)11(15-12)13(17)18/h1-2,4-7,11,15-16H,3H2,(H,17,18)/t6-,7-,11+/m1/s1. The molecule has 3 atom stereocenters. The Bertz CT molecular complexity index is 555. The number of hydrogen-bond acceptors (Lipinski definition) is 3. The maximum absolute atomic E-state index is 11.3. The summed E-state index contributed by atoms with van der Waals surface area (Å²) in [5.41, 5.74) is 1.48. The van der Waals surface area contributed by atoms with Gasteiger partial charge in [0.1, 0.15) is 11.8 Å². The summed E-state index contributed by atoms with van der Waals surface area (Å²) in [6.45, 7) is 0. The second-order valence-electron chi connectivity index (χ2n) is 4.67. The van der Waals surface area contributed by atoms with Crippen molar-refractivity contribution >= 4 is 27.6 Å². The van der Waals surface area contributed by atoms with Crippen LogP contribution in [-0.4, -0.2) is 22.2 Å². The number of aliphatic carboxylic acids is 1. The summed E-state index contributed by atoms with van der Waals surface area (Å²) < 4.78 is 0.896. The molecule has 0 saturated carbocycles. The number of phenolic OH excluding ortho intramolecular Hbond substituents is 1. The lowest BCUT2D eigenvalue weighted by atomic mass is 9.79. The number of hydrogen-bond donors (Lipinski definition) is 3. The summed E-state index contributed by atoms with van der Waals surface area (Å²) in [6, 6.07) is 2.70. The van der Waals surface area contributed by atoms with Crippen LogP contribution in [0.3, 0.4) is 0 Å². The summed E-state index contributed by atoms with van der Waals surface area (Å²) in [6.07, 6.45) is 4.79. The van der Waals surface area contributed by atoms with E-state index in [4.69, 9.17) is 0 Å². The van der Waals surface area contributed by atoms with Gasteiger partial charge in [-0.3, -0.25) is 0 Å². The molecule has 1 aliphatic heterocycles. The SMILES string of the molecule is O=C(O)[C@H]1Nc2c(O)ccc(Br)c2[C@@H]2C=CC[C@@H]12. The predicted molar refractivity (Wildman–Crippen MR) is 70.8 cm³/mol. The van der Waals surface area contributed by atoms with Gasteiger partial charge >= 0.3 is 5.97 Å². The van der Waals surface area contributed by atoms with Crippen molar-refractivity contribution < 1.29 is 15.0 Å². The molecule has 0 saturated heterocycles. The van der Waals surface area contributed by atoms with Crippen LogP contribution >= 0.6 is 15.9 Å². The van der Waals surface area contributed by atoms with Crippen LogP contribution in [0, 0.1) is 5.92 Å². The largest absolute Gasteiger partial charge is 0.506 e. The van der Waals surface area contributed by atoms with Crippen LogP contribution in [-0.2, 0) is 4.79 Å². The van der Waals surface area contributed by atoms with Gasteiger partial charge in [0, 0.05) is 21.9 Å². The number of anilines is 1. The quantitative estimate of drug-likeness (QED) is 0.551. The third-order valence-corrected chi connectivity index (χ3v) is 4.40. The Morgan fingerprint density at radius 3 is 2.94 bits per heavy atom. The zero-order valence-electron chi connectivity index (χ0n) is 9.43. The molecule has 0 unspecified atom stereocenters. The van der Waals surface area contributed by atoms with Crippen molar-refractivity contribution in [2.75, 3.05) is 5.32 Å². The minimum atomic E-state index is -0.876. The second-order valence-corrected chi connectivity index (χ2v) is 5.52. The molecule has 94 valence electrons. The Morgan fingerprint density at radius 2 is 2.22 bits per heavy atom. The number of carbonyl (C=O) groups is 1. The molecule has 4 nitrogen and oxygen atoms in total. The number of rotatable bonds is 1. The van der Waals surface area contributed by atoms with Gasteiger partial charge in [0.05, 0.1) is 5.69 Å². The average molecular weight is 310 g/mol. The van der Waals surface area contributed by atoms with Crippen molar-refractivity contribution in [3.63, 3.8) is 0 Å². The van der Waals surface area contributed by atoms with Crippen molar-refractivity contribution in [1.82, 2.24) is 0 Å². The lowest BCUT2D eigenvalue weighted by Crippen LogP contribution is -2.42. The van der Waals surface area contributed by atoms with Gasteiger partial charge in [-0.1, -0.05) is 28.1 Å². The Labute approximate surface area is 112 Å². The topological polar surface area (TPSA) is 69.6 Å². The normalized spacial score (nSPS) is 28.4. The molecule has 3 rings (SSSR count). The van der Waals surface area contributed by atoms with E-state index in [9.17, 15) is 15.0 Å². The molecule has 5 heteroatoms. The molecule has 0 spiro atoms. The van der Waals surface area contributed by atoms with Gasteiger partial charge in [-0.25, -0.2) is 4.79 Å². The fraction of sp³-hybridized carbons (Fsp3) is 0.308. The summed E-state index contributed by atoms with van der Waals surface area (Å²) >= 11 is 3.48. The molecule has 0 fully saturated rings. The van der Waals surface area contributed by atoms with Crippen molar-refractivity contribution in [2.24, 2.45) is 5.92 Å². The van der Waals surface area contributed by atoms with E-state index in [0.29, 0.717) is 5.69 Å².